The summed E-state index contributed by atoms with van der Waals surface area (Å²) < 4.78 is 8.00. The molecule has 0 saturated heterocycles. The highest BCUT2D eigenvalue weighted by atomic mass is 79.9. The Kier molecular flexibility index (Phi) is 8.54. The molecular weight excluding hydrogens is 474 g/mol. The molecule has 1 N–H and O–H groups in total. The second-order valence-electron chi connectivity index (χ2n) is 6.31. The van der Waals surface area contributed by atoms with E-state index in [0.29, 0.717) is 15.9 Å². The molecule has 0 bridgehead atoms. The molecule has 32 heavy (non-hydrogen) atoms. The Hall–Kier alpha value is -3.20. The Morgan fingerprint density at radius 2 is 1.72 bits per heavy atom. The van der Waals surface area contributed by atoms with Gasteiger partial charge in [0.25, 0.3) is 0 Å². The Bertz CT molecular complexity index is 1270. The summed E-state index contributed by atoms with van der Waals surface area (Å²) in [6.45, 7) is 9.83. The minimum Gasteiger partial charge on any atom is -0.464 e. The van der Waals surface area contributed by atoms with Crippen molar-refractivity contribution in [2.24, 2.45) is 7.05 Å². The summed E-state index contributed by atoms with van der Waals surface area (Å²) >= 11 is 3.30. The molecule has 8 nitrogen and oxygen atoms in total. The third-order valence-electron chi connectivity index (χ3n) is 4.44. The van der Waals surface area contributed by atoms with E-state index in [-0.39, 0.29) is 11.4 Å². The van der Waals surface area contributed by atoms with Gasteiger partial charge in [0.15, 0.2) is 5.69 Å². The van der Waals surface area contributed by atoms with Crippen LogP contribution in [0.3, 0.4) is 0 Å². The lowest BCUT2D eigenvalue weighted by molar-refractivity contribution is 0.0596. The first kappa shape index (κ1) is 25.1. The summed E-state index contributed by atoms with van der Waals surface area (Å²) in [5.74, 6) is -0.488. The molecule has 0 aliphatic rings. The van der Waals surface area contributed by atoms with Gasteiger partial charge in [-0.25, -0.2) is 23.8 Å². The second kappa shape index (κ2) is 10.9. The van der Waals surface area contributed by atoms with Gasteiger partial charge >= 0.3 is 11.7 Å². The fraction of sp³-hybridized carbons (Fsp3) is 0.304. The molecule has 0 amide bonds. The molecule has 1 aromatic carbocycles. The number of ether oxygens (including phenoxy) is 1. The Labute approximate surface area is 195 Å². The quantitative estimate of drug-likeness (QED) is 0.397. The number of esters is 1. The molecule has 0 unspecified atom stereocenters. The highest BCUT2D eigenvalue weighted by Gasteiger charge is 2.16. The number of nitrogens with zero attached hydrogens (tertiary/aromatic N) is 4. The SMILES string of the molecule is CC.CC.COC(=O)c1nc(C)cc2cc(-c3ccc(-n4c(Br)nn(C)c4=O)cc3)[nH]c12. The zero-order valence-electron chi connectivity index (χ0n) is 19.4. The first-order valence-corrected chi connectivity index (χ1v) is 11.2. The number of H-pyrrole nitrogens is 1. The van der Waals surface area contributed by atoms with Crippen molar-refractivity contribution in [2.45, 2.75) is 34.6 Å². The molecule has 170 valence electrons. The molecule has 0 radical (unpaired) electrons. The van der Waals surface area contributed by atoms with Gasteiger partial charge in [0.05, 0.1) is 18.3 Å². The molecule has 0 saturated carbocycles. The van der Waals surface area contributed by atoms with E-state index in [1.807, 2.05) is 71.0 Å². The van der Waals surface area contributed by atoms with Gasteiger partial charge < -0.3 is 9.72 Å². The maximum atomic E-state index is 12.2. The van der Waals surface area contributed by atoms with E-state index >= 15 is 0 Å². The number of benzene rings is 1. The minimum absolute atomic E-state index is 0.241. The summed E-state index contributed by atoms with van der Waals surface area (Å²) in [6.07, 6.45) is 0. The van der Waals surface area contributed by atoms with Crippen LogP contribution in [0.1, 0.15) is 43.9 Å². The predicted octanol–water partition coefficient (Wildman–Crippen LogP) is 5.02. The second-order valence-corrected chi connectivity index (χ2v) is 7.02. The number of aromatic nitrogens is 5. The number of hydrogen-bond donors (Lipinski definition) is 1. The number of hydrogen-bond acceptors (Lipinski definition) is 5. The molecule has 0 aliphatic carbocycles. The van der Waals surface area contributed by atoms with Crippen LogP contribution in [-0.4, -0.2) is 37.4 Å². The Morgan fingerprint density at radius 1 is 1.09 bits per heavy atom. The van der Waals surface area contributed by atoms with E-state index in [1.165, 1.54) is 16.4 Å². The normalized spacial score (nSPS) is 10.1. The average Bonchev–Trinajstić information content (AvgIpc) is 3.35. The van der Waals surface area contributed by atoms with Gasteiger partial charge in [-0.05, 0) is 52.7 Å². The largest absolute Gasteiger partial charge is 0.464 e. The molecule has 0 fully saturated rings. The molecule has 4 rings (SSSR count). The van der Waals surface area contributed by atoms with Crippen LogP contribution in [0.5, 0.6) is 0 Å². The van der Waals surface area contributed by atoms with Crippen LogP contribution in [-0.2, 0) is 11.8 Å². The van der Waals surface area contributed by atoms with Crippen molar-refractivity contribution < 1.29 is 9.53 Å². The molecule has 3 heterocycles. The summed E-state index contributed by atoms with van der Waals surface area (Å²) in [6, 6.07) is 11.3. The molecule has 9 heteroatoms. The number of carbonyl (C=O) groups is 1. The number of methoxy groups -OCH3 is 1. The van der Waals surface area contributed by atoms with E-state index in [2.05, 4.69) is 31.0 Å². The third-order valence-corrected chi connectivity index (χ3v) is 4.95. The van der Waals surface area contributed by atoms with Gasteiger partial charge in [0, 0.05) is 23.8 Å². The highest BCUT2D eigenvalue weighted by Crippen LogP contribution is 2.27. The minimum atomic E-state index is -0.488. The van der Waals surface area contributed by atoms with E-state index in [0.717, 1.165) is 22.3 Å². The lowest BCUT2D eigenvalue weighted by atomic mass is 10.1. The summed E-state index contributed by atoms with van der Waals surface area (Å²) in [5.41, 5.74) is 3.80. The molecule has 0 aliphatic heterocycles. The van der Waals surface area contributed by atoms with Crippen LogP contribution in [0.25, 0.3) is 27.8 Å². The molecule has 3 aromatic heterocycles. The van der Waals surface area contributed by atoms with Crippen LogP contribution in [0, 0.1) is 6.92 Å². The summed E-state index contributed by atoms with van der Waals surface area (Å²) in [5, 5.41) is 4.94. The van der Waals surface area contributed by atoms with Crippen molar-refractivity contribution in [1.29, 1.82) is 0 Å². The number of carbonyl (C=O) groups excluding carboxylic acids is 1. The fourth-order valence-electron chi connectivity index (χ4n) is 3.11. The van der Waals surface area contributed by atoms with Crippen LogP contribution in [0.15, 0.2) is 45.9 Å². The summed E-state index contributed by atoms with van der Waals surface area (Å²) in [7, 11) is 2.93. The van der Waals surface area contributed by atoms with Gasteiger partial charge in [-0.3, -0.25) is 0 Å². The summed E-state index contributed by atoms with van der Waals surface area (Å²) in [4.78, 5) is 31.8. The maximum absolute atomic E-state index is 12.2. The van der Waals surface area contributed by atoms with E-state index in [4.69, 9.17) is 4.74 Å². The van der Waals surface area contributed by atoms with Crippen molar-refractivity contribution in [3.8, 4) is 16.9 Å². The van der Waals surface area contributed by atoms with Gasteiger partial charge in [-0.2, -0.15) is 0 Å². The van der Waals surface area contributed by atoms with Crippen molar-refractivity contribution >= 4 is 32.8 Å². The van der Waals surface area contributed by atoms with Crippen molar-refractivity contribution in [1.82, 2.24) is 24.3 Å². The monoisotopic (exact) mass is 501 g/mol. The van der Waals surface area contributed by atoms with Crippen LogP contribution >= 0.6 is 15.9 Å². The number of halogens is 1. The van der Waals surface area contributed by atoms with Gasteiger partial charge in [0.1, 0.15) is 0 Å². The van der Waals surface area contributed by atoms with E-state index < -0.39 is 5.97 Å². The lowest BCUT2D eigenvalue weighted by Gasteiger charge is -2.04. The predicted molar refractivity (Wildman–Crippen MR) is 130 cm³/mol. The Balaban J connectivity index is 0.000000860. The Morgan fingerprint density at radius 3 is 2.25 bits per heavy atom. The number of aromatic amines is 1. The molecule has 0 spiro atoms. The van der Waals surface area contributed by atoms with Gasteiger partial charge in [0.2, 0.25) is 4.73 Å². The zero-order valence-corrected chi connectivity index (χ0v) is 20.9. The van der Waals surface area contributed by atoms with Crippen LogP contribution in [0.2, 0.25) is 0 Å². The number of pyridine rings is 1. The molecular formula is C23H28BrN5O3. The molecule has 4 aromatic rings. The lowest BCUT2D eigenvalue weighted by Crippen LogP contribution is -2.21. The standard InChI is InChI=1S/C19H16BrN5O3.2C2H6/c1-10-8-12-9-14(22-15(12)16(21-10)17(26)28-3)11-4-6-13(7-5-11)25-18(20)23-24(2)19(25)27;2*1-2/h4-9,22H,1-3H3;2*1-2H3. The third kappa shape index (κ3) is 4.83. The average molecular weight is 502 g/mol. The smallest absolute Gasteiger partial charge is 0.358 e. The number of aryl methyl sites for hydroxylation is 2. The topological polar surface area (TPSA) is 94.8 Å². The highest BCUT2D eigenvalue weighted by molar-refractivity contribution is 9.10. The van der Waals surface area contributed by atoms with Gasteiger partial charge in [-0.15, -0.1) is 5.10 Å². The van der Waals surface area contributed by atoms with Crippen LogP contribution < -0.4 is 5.69 Å². The number of rotatable bonds is 3. The first-order valence-electron chi connectivity index (χ1n) is 10.4. The molecule has 0 atom stereocenters. The van der Waals surface area contributed by atoms with E-state index in [1.54, 1.807) is 7.05 Å². The van der Waals surface area contributed by atoms with E-state index in [9.17, 15) is 9.59 Å². The van der Waals surface area contributed by atoms with Crippen molar-refractivity contribution in [3.63, 3.8) is 0 Å². The van der Waals surface area contributed by atoms with Gasteiger partial charge in [-0.1, -0.05) is 39.8 Å². The number of fused-ring (bicyclic) bond motifs is 1. The van der Waals surface area contributed by atoms with Crippen molar-refractivity contribution in [2.75, 3.05) is 7.11 Å². The fourth-order valence-corrected chi connectivity index (χ4v) is 3.71. The zero-order chi connectivity index (χ0) is 24.0. The van der Waals surface area contributed by atoms with Crippen LogP contribution in [0.4, 0.5) is 0 Å². The first-order chi connectivity index (χ1) is 15.4. The van der Waals surface area contributed by atoms with Crippen molar-refractivity contribution in [3.05, 3.63) is 63.0 Å². The maximum Gasteiger partial charge on any atom is 0.358 e. The number of nitrogens with one attached hydrogen (secondary N) is 1.